The van der Waals surface area contributed by atoms with Crippen LogP contribution < -0.4 is 18.9 Å². The summed E-state index contributed by atoms with van der Waals surface area (Å²) in [5, 5.41) is 10.9. The second-order valence-electron chi connectivity index (χ2n) is 16.6. The number of ether oxygens (including phenoxy) is 6. The number of piperidine rings is 2. The molecule has 0 aliphatic carbocycles. The van der Waals surface area contributed by atoms with Crippen molar-refractivity contribution in [3.8, 4) is 23.0 Å². The van der Waals surface area contributed by atoms with E-state index in [4.69, 9.17) is 28.4 Å². The van der Waals surface area contributed by atoms with Gasteiger partial charge < -0.3 is 43.3 Å². The van der Waals surface area contributed by atoms with Crippen molar-refractivity contribution in [2.75, 3.05) is 74.8 Å². The molecule has 0 bridgehead atoms. The molecule has 2 aliphatic rings. The minimum Gasteiger partial charge on any atom is -0.493 e. The number of para-hydroxylation sites is 2. The number of likely N-dealkylation sites (tertiary alicyclic amines) is 2. The summed E-state index contributed by atoms with van der Waals surface area (Å²) in [6.07, 6.45) is 3.44. The number of carbonyl (C=O) groups excluding carboxylic acids is 1. The van der Waals surface area contributed by atoms with E-state index < -0.39 is 24.3 Å². The largest absolute Gasteiger partial charge is 0.493 e. The summed E-state index contributed by atoms with van der Waals surface area (Å²) in [7, 11) is 7.91. The third kappa shape index (κ3) is 13.8. The smallest absolute Gasteiger partial charge is 0.340 e. The Kier molecular flexibility index (Phi) is 20.3. The lowest BCUT2D eigenvalue weighted by Gasteiger charge is -2.36. The Morgan fingerprint density at radius 2 is 1.05 bits per heavy atom. The lowest BCUT2D eigenvalue weighted by molar-refractivity contribution is -0.166. The first-order valence-electron chi connectivity index (χ1n) is 22.5. The first-order valence-corrected chi connectivity index (χ1v) is 22.5. The van der Waals surface area contributed by atoms with Gasteiger partial charge in [-0.05, 0) is 124 Å². The van der Waals surface area contributed by atoms with Crippen LogP contribution in [-0.2, 0) is 27.1 Å². The predicted octanol–water partition coefficient (Wildman–Crippen LogP) is 10.2. The molecule has 3 atom stereocenters. The first kappa shape index (κ1) is 51.5. The van der Waals surface area contributed by atoms with Crippen LogP contribution >= 0.6 is 0 Å². The van der Waals surface area contributed by atoms with E-state index in [2.05, 4.69) is 9.80 Å². The van der Waals surface area contributed by atoms with E-state index in [9.17, 15) is 18.7 Å². The van der Waals surface area contributed by atoms with Crippen molar-refractivity contribution in [1.29, 1.82) is 0 Å². The normalized spacial score (nSPS) is 16.1. The second-order valence-corrected chi connectivity index (χ2v) is 16.6. The highest BCUT2D eigenvalue weighted by Gasteiger charge is 2.36. The molecule has 2 aliphatic heterocycles. The number of benzene rings is 5. The van der Waals surface area contributed by atoms with Gasteiger partial charge in [0.15, 0.2) is 29.1 Å². The molecule has 12 heteroatoms. The van der Waals surface area contributed by atoms with Crippen molar-refractivity contribution in [2.45, 2.75) is 64.3 Å². The molecule has 0 aromatic heterocycles. The van der Waals surface area contributed by atoms with Gasteiger partial charge in [0.1, 0.15) is 17.7 Å². The van der Waals surface area contributed by atoms with Gasteiger partial charge in [-0.1, -0.05) is 86.3 Å². The Bertz CT molecular complexity index is 2200. The third-order valence-corrected chi connectivity index (χ3v) is 12.7. The van der Waals surface area contributed by atoms with Crippen molar-refractivity contribution in [2.24, 2.45) is 11.8 Å². The summed E-state index contributed by atoms with van der Waals surface area (Å²) < 4.78 is 60.1. The molecule has 0 spiro atoms. The lowest BCUT2D eigenvalue weighted by atomic mass is 9.86. The number of rotatable bonds is 18. The minimum absolute atomic E-state index is 0. The van der Waals surface area contributed by atoms with Gasteiger partial charge in [-0.3, -0.25) is 0 Å². The Morgan fingerprint density at radius 3 is 1.50 bits per heavy atom. The van der Waals surface area contributed by atoms with E-state index >= 15 is 0 Å². The monoisotopic (exact) mass is 910 g/mol. The van der Waals surface area contributed by atoms with E-state index in [0.717, 1.165) is 106 Å². The Hall–Kier alpha value is -5.53. The van der Waals surface area contributed by atoms with Crippen LogP contribution in [-0.4, -0.2) is 95.7 Å². The molecule has 2 fully saturated rings. The highest BCUT2D eigenvalue weighted by atomic mass is 19.1. The molecule has 2 heterocycles. The number of hydrogen-bond acceptors (Lipinski definition) is 10. The molecular weight excluding hydrogens is 843 g/mol. The zero-order valence-corrected chi connectivity index (χ0v) is 38.3. The number of hydrogen-bond donors (Lipinski definition) is 1. The molecule has 66 heavy (non-hydrogen) atoms. The molecular formula is C54H68F2N2O8. The standard InChI is InChI=1S/C31H36FNO5.C22H28FNO3.CH4/c1-35-27-11-7-10-26(30(27)37-3)28(38-31(34)29(36-2)23-8-5-4-6-9-23)24-17-20-33(21-18-24)19-16-22-12-14-25(32)15-13-22;1-26-20-5-3-4-19(22(20)27-2)21(25)17-11-14-24(15-12-17)13-10-16-6-8-18(23)9-7-16;/h4-15,24,28-29H,16-21H2,1-3H3;3-9,17,21,25H,10-15H2,1-2H3;1H4. The maximum atomic E-state index is 13.4. The van der Waals surface area contributed by atoms with Gasteiger partial charge in [0.25, 0.3) is 0 Å². The minimum atomic E-state index is -0.828. The van der Waals surface area contributed by atoms with Crippen LogP contribution in [0.25, 0.3) is 0 Å². The fourth-order valence-electron chi connectivity index (χ4n) is 8.98. The number of esters is 1. The predicted molar refractivity (Wildman–Crippen MR) is 254 cm³/mol. The second kappa shape index (κ2) is 26.0. The lowest BCUT2D eigenvalue weighted by Crippen LogP contribution is -2.38. The third-order valence-electron chi connectivity index (χ3n) is 12.7. The van der Waals surface area contributed by atoms with Crippen molar-refractivity contribution < 1.29 is 47.1 Å². The molecule has 10 nitrogen and oxygen atoms in total. The molecule has 7 rings (SSSR count). The Balaban J connectivity index is 0.000000258. The average molecular weight is 911 g/mol. The number of carbonyl (C=O) groups is 1. The van der Waals surface area contributed by atoms with Crippen LogP contribution in [0.15, 0.2) is 115 Å². The summed E-state index contributed by atoms with van der Waals surface area (Å²) in [5.41, 5.74) is 4.59. The summed E-state index contributed by atoms with van der Waals surface area (Å²) in [5.74, 6) is 1.87. The van der Waals surface area contributed by atoms with E-state index in [0.29, 0.717) is 23.0 Å². The van der Waals surface area contributed by atoms with E-state index in [-0.39, 0.29) is 30.9 Å². The van der Waals surface area contributed by atoms with Gasteiger partial charge >= 0.3 is 5.97 Å². The molecule has 2 saturated heterocycles. The first-order chi connectivity index (χ1) is 31.7. The van der Waals surface area contributed by atoms with Gasteiger partial charge in [-0.25, -0.2) is 13.6 Å². The summed E-state index contributed by atoms with van der Waals surface area (Å²) in [4.78, 5) is 18.3. The fraction of sp³-hybridized carbons (Fsp3) is 0.426. The molecule has 5 aromatic carbocycles. The quantitative estimate of drug-likeness (QED) is 0.0856. The van der Waals surface area contributed by atoms with E-state index in [1.54, 1.807) is 28.4 Å². The van der Waals surface area contributed by atoms with Crippen LogP contribution in [0.3, 0.4) is 0 Å². The molecule has 0 amide bonds. The number of aliphatic hydroxyl groups is 1. The SMILES string of the molecule is C.COc1cccc(C(O)C2CCN(CCc3ccc(F)cc3)CC2)c1OC.COc1cccc(C(OC(=O)C(OC)c2ccccc2)C2CCN(CCc3ccc(F)cc3)CC2)c1OC. The fourth-order valence-corrected chi connectivity index (χ4v) is 8.98. The van der Waals surface area contributed by atoms with E-state index in [1.807, 2.05) is 91.0 Å². The zero-order chi connectivity index (χ0) is 46.1. The van der Waals surface area contributed by atoms with Crippen molar-refractivity contribution in [1.82, 2.24) is 9.80 Å². The van der Waals surface area contributed by atoms with Crippen LogP contribution in [0.4, 0.5) is 8.78 Å². The van der Waals surface area contributed by atoms with Crippen LogP contribution in [0.5, 0.6) is 23.0 Å². The molecule has 0 radical (unpaired) electrons. The van der Waals surface area contributed by atoms with Gasteiger partial charge in [0, 0.05) is 37.2 Å². The molecule has 3 unspecified atom stereocenters. The number of nitrogens with zero attached hydrogens (tertiary/aromatic N) is 2. The van der Waals surface area contributed by atoms with Crippen LogP contribution in [0, 0.1) is 23.5 Å². The Morgan fingerprint density at radius 1 is 0.591 bits per heavy atom. The van der Waals surface area contributed by atoms with Crippen molar-refractivity contribution in [3.05, 3.63) is 155 Å². The van der Waals surface area contributed by atoms with Crippen molar-refractivity contribution >= 4 is 5.97 Å². The Labute approximate surface area is 390 Å². The van der Waals surface area contributed by atoms with Crippen LogP contribution in [0.1, 0.15) is 79.2 Å². The number of halogens is 2. The van der Waals surface area contributed by atoms with E-state index in [1.165, 1.54) is 31.4 Å². The van der Waals surface area contributed by atoms with Gasteiger partial charge in [-0.15, -0.1) is 0 Å². The molecule has 0 saturated carbocycles. The van der Waals surface area contributed by atoms with Gasteiger partial charge in [0.2, 0.25) is 0 Å². The van der Waals surface area contributed by atoms with Crippen LogP contribution in [0.2, 0.25) is 0 Å². The molecule has 1 N–H and O–H groups in total. The van der Waals surface area contributed by atoms with Gasteiger partial charge in [0.05, 0.1) is 34.5 Å². The maximum Gasteiger partial charge on any atom is 0.340 e. The molecule has 5 aromatic rings. The summed E-state index contributed by atoms with van der Waals surface area (Å²) >= 11 is 0. The number of aliphatic hydroxyl groups excluding tert-OH is 1. The highest BCUT2D eigenvalue weighted by molar-refractivity contribution is 5.77. The number of methoxy groups -OCH3 is 5. The maximum absolute atomic E-state index is 13.4. The average Bonchev–Trinajstić information content (AvgIpc) is 3.35. The zero-order valence-electron chi connectivity index (χ0n) is 38.3. The summed E-state index contributed by atoms with van der Waals surface area (Å²) in [6.45, 7) is 5.50. The van der Waals surface area contributed by atoms with Gasteiger partial charge in [-0.2, -0.15) is 0 Å². The topological polar surface area (TPSA) is 99.2 Å². The van der Waals surface area contributed by atoms with Crippen molar-refractivity contribution in [3.63, 3.8) is 0 Å². The highest BCUT2D eigenvalue weighted by Crippen LogP contribution is 2.43. The molecule has 356 valence electrons. The summed E-state index contributed by atoms with van der Waals surface area (Å²) in [6, 6.07) is 34.1.